The van der Waals surface area contributed by atoms with E-state index >= 15 is 0 Å². The molecule has 1 aliphatic heterocycles. The van der Waals surface area contributed by atoms with E-state index in [2.05, 4.69) is 19.2 Å². The number of rotatable bonds is 3. The molecule has 0 aromatic rings. The molecule has 0 amide bonds. The lowest BCUT2D eigenvalue weighted by Gasteiger charge is -2.35. The Labute approximate surface area is 79.5 Å². The summed E-state index contributed by atoms with van der Waals surface area (Å²) in [5.74, 6) is -0.248. The second-order valence-electron chi connectivity index (χ2n) is 4.37. The molecule has 76 valence electrons. The Kier molecular flexibility index (Phi) is 3.31. The first-order valence-electron chi connectivity index (χ1n) is 5.05. The quantitative estimate of drug-likeness (QED) is 0.702. The molecule has 0 aliphatic carbocycles. The normalized spacial score (nSPS) is 29.2. The number of carboxylic acid groups (broad SMARTS) is 1. The Bertz CT molecular complexity index is 183. The summed E-state index contributed by atoms with van der Waals surface area (Å²) in [5.41, 5.74) is -0.633. The summed E-state index contributed by atoms with van der Waals surface area (Å²) >= 11 is 0. The van der Waals surface area contributed by atoms with E-state index in [1.54, 1.807) is 0 Å². The minimum atomic E-state index is -0.680. The van der Waals surface area contributed by atoms with Crippen molar-refractivity contribution < 1.29 is 9.90 Å². The zero-order valence-electron chi connectivity index (χ0n) is 8.47. The summed E-state index contributed by atoms with van der Waals surface area (Å²) in [6.07, 6.45) is 3.65. The van der Waals surface area contributed by atoms with Crippen molar-refractivity contribution in [2.75, 3.05) is 6.54 Å². The van der Waals surface area contributed by atoms with Crippen LogP contribution >= 0.6 is 0 Å². The number of hydrogen-bond donors (Lipinski definition) is 2. The first-order chi connectivity index (χ1) is 6.07. The third-order valence-electron chi connectivity index (χ3n) is 2.66. The number of piperidine rings is 1. The topological polar surface area (TPSA) is 49.3 Å². The van der Waals surface area contributed by atoms with E-state index in [-0.39, 0.29) is 0 Å². The minimum Gasteiger partial charge on any atom is -0.480 e. The SMILES string of the molecule is CC(C)CC1(C(=O)O)CCCCN1. The summed E-state index contributed by atoms with van der Waals surface area (Å²) < 4.78 is 0. The van der Waals surface area contributed by atoms with Gasteiger partial charge in [-0.05, 0) is 38.1 Å². The molecule has 3 heteroatoms. The summed E-state index contributed by atoms with van der Waals surface area (Å²) in [4.78, 5) is 11.1. The van der Waals surface area contributed by atoms with Crippen LogP contribution in [0.15, 0.2) is 0 Å². The maximum Gasteiger partial charge on any atom is 0.323 e. The smallest absolute Gasteiger partial charge is 0.323 e. The van der Waals surface area contributed by atoms with Gasteiger partial charge >= 0.3 is 5.97 Å². The Morgan fingerprint density at radius 2 is 2.23 bits per heavy atom. The molecular weight excluding hydrogens is 166 g/mol. The van der Waals surface area contributed by atoms with Crippen LogP contribution in [0.2, 0.25) is 0 Å². The van der Waals surface area contributed by atoms with Gasteiger partial charge in [0.15, 0.2) is 0 Å². The third kappa shape index (κ3) is 2.44. The molecule has 0 aromatic heterocycles. The van der Waals surface area contributed by atoms with Crippen LogP contribution in [0, 0.1) is 5.92 Å². The van der Waals surface area contributed by atoms with E-state index in [1.807, 2.05) is 0 Å². The number of nitrogens with one attached hydrogen (secondary N) is 1. The summed E-state index contributed by atoms with van der Waals surface area (Å²) in [6, 6.07) is 0. The average molecular weight is 185 g/mol. The Morgan fingerprint density at radius 3 is 2.62 bits per heavy atom. The molecule has 1 heterocycles. The molecule has 13 heavy (non-hydrogen) atoms. The Balaban J connectivity index is 2.67. The van der Waals surface area contributed by atoms with E-state index in [4.69, 9.17) is 0 Å². The molecule has 1 aliphatic rings. The van der Waals surface area contributed by atoms with Gasteiger partial charge in [0.1, 0.15) is 5.54 Å². The maximum atomic E-state index is 11.1. The lowest BCUT2D eigenvalue weighted by atomic mass is 9.82. The largest absolute Gasteiger partial charge is 0.480 e. The van der Waals surface area contributed by atoms with Crippen molar-refractivity contribution in [3.05, 3.63) is 0 Å². The van der Waals surface area contributed by atoms with Crippen molar-refractivity contribution in [3.63, 3.8) is 0 Å². The van der Waals surface area contributed by atoms with Gasteiger partial charge in [-0.15, -0.1) is 0 Å². The molecule has 0 radical (unpaired) electrons. The highest BCUT2D eigenvalue weighted by Crippen LogP contribution is 2.26. The fraction of sp³-hybridized carbons (Fsp3) is 0.900. The highest BCUT2D eigenvalue weighted by molar-refractivity contribution is 5.78. The highest BCUT2D eigenvalue weighted by Gasteiger charge is 2.39. The van der Waals surface area contributed by atoms with Crippen molar-refractivity contribution >= 4 is 5.97 Å². The molecule has 0 saturated carbocycles. The van der Waals surface area contributed by atoms with Crippen LogP contribution in [0.3, 0.4) is 0 Å². The maximum absolute atomic E-state index is 11.1. The second kappa shape index (κ2) is 4.09. The third-order valence-corrected chi connectivity index (χ3v) is 2.66. The zero-order valence-corrected chi connectivity index (χ0v) is 8.47. The minimum absolute atomic E-state index is 0.432. The molecular formula is C10H19NO2. The summed E-state index contributed by atoms with van der Waals surface area (Å²) in [6.45, 7) is 4.99. The Morgan fingerprint density at radius 1 is 1.54 bits per heavy atom. The van der Waals surface area contributed by atoms with E-state index < -0.39 is 11.5 Å². The first kappa shape index (κ1) is 10.5. The van der Waals surface area contributed by atoms with Crippen LogP contribution in [0.25, 0.3) is 0 Å². The van der Waals surface area contributed by atoms with E-state index in [0.717, 1.165) is 32.2 Å². The number of carbonyl (C=O) groups is 1. The van der Waals surface area contributed by atoms with Crippen molar-refractivity contribution in [1.82, 2.24) is 5.32 Å². The Hall–Kier alpha value is -0.570. The van der Waals surface area contributed by atoms with Gasteiger partial charge in [0.25, 0.3) is 0 Å². The zero-order chi connectivity index (χ0) is 9.90. The van der Waals surface area contributed by atoms with E-state index in [1.165, 1.54) is 0 Å². The average Bonchev–Trinajstić information content (AvgIpc) is 2.04. The van der Waals surface area contributed by atoms with E-state index in [0.29, 0.717) is 5.92 Å². The molecule has 1 atom stereocenters. The molecule has 1 fully saturated rings. The molecule has 1 rings (SSSR count). The lowest BCUT2D eigenvalue weighted by molar-refractivity contribution is -0.146. The van der Waals surface area contributed by atoms with Crippen LogP contribution in [0.1, 0.15) is 39.5 Å². The number of aliphatic carboxylic acids is 1. The predicted molar refractivity (Wildman–Crippen MR) is 51.7 cm³/mol. The van der Waals surface area contributed by atoms with Gasteiger partial charge in [-0.2, -0.15) is 0 Å². The standard InChI is InChI=1S/C10H19NO2/c1-8(2)7-10(9(12)13)5-3-4-6-11-10/h8,11H,3-7H2,1-2H3,(H,12,13). The van der Waals surface area contributed by atoms with Crippen LogP contribution in [0.4, 0.5) is 0 Å². The molecule has 1 saturated heterocycles. The number of hydrogen-bond acceptors (Lipinski definition) is 2. The molecule has 0 spiro atoms. The van der Waals surface area contributed by atoms with Gasteiger partial charge in [-0.1, -0.05) is 13.8 Å². The summed E-state index contributed by atoms with van der Waals surface area (Å²) in [5, 5.41) is 12.3. The first-order valence-corrected chi connectivity index (χ1v) is 5.05. The van der Waals surface area contributed by atoms with Crippen LogP contribution in [-0.4, -0.2) is 23.2 Å². The van der Waals surface area contributed by atoms with Gasteiger partial charge in [-0.25, -0.2) is 0 Å². The van der Waals surface area contributed by atoms with Crippen molar-refractivity contribution in [2.24, 2.45) is 5.92 Å². The molecule has 3 nitrogen and oxygen atoms in total. The molecule has 0 aromatic carbocycles. The molecule has 1 unspecified atom stereocenters. The fourth-order valence-corrected chi connectivity index (χ4v) is 2.11. The molecule has 2 N–H and O–H groups in total. The lowest BCUT2D eigenvalue weighted by Crippen LogP contribution is -2.55. The van der Waals surface area contributed by atoms with Gasteiger partial charge in [-0.3, -0.25) is 4.79 Å². The van der Waals surface area contributed by atoms with Crippen molar-refractivity contribution in [1.29, 1.82) is 0 Å². The van der Waals surface area contributed by atoms with Gasteiger partial charge < -0.3 is 10.4 Å². The van der Waals surface area contributed by atoms with Crippen molar-refractivity contribution in [2.45, 2.75) is 45.1 Å². The highest BCUT2D eigenvalue weighted by atomic mass is 16.4. The molecule has 0 bridgehead atoms. The number of carboxylic acids is 1. The second-order valence-corrected chi connectivity index (χ2v) is 4.37. The van der Waals surface area contributed by atoms with E-state index in [9.17, 15) is 9.90 Å². The van der Waals surface area contributed by atoms with Crippen molar-refractivity contribution in [3.8, 4) is 0 Å². The summed E-state index contributed by atoms with van der Waals surface area (Å²) in [7, 11) is 0. The van der Waals surface area contributed by atoms with Crippen LogP contribution in [-0.2, 0) is 4.79 Å². The van der Waals surface area contributed by atoms with Crippen LogP contribution in [0.5, 0.6) is 0 Å². The van der Waals surface area contributed by atoms with Gasteiger partial charge in [0.2, 0.25) is 0 Å². The van der Waals surface area contributed by atoms with Crippen LogP contribution < -0.4 is 5.32 Å². The van der Waals surface area contributed by atoms with Gasteiger partial charge in [0, 0.05) is 0 Å². The predicted octanol–water partition coefficient (Wildman–Crippen LogP) is 1.63. The van der Waals surface area contributed by atoms with Gasteiger partial charge in [0.05, 0.1) is 0 Å². The monoisotopic (exact) mass is 185 g/mol. The fourth-order valence-electron chi connectivity index (χ4n) is 2.11.